The summed E-state index contributed by atoms with van der Waals surface area (Å²) < 4.78 is 5.31. The maximum absolute atomic E-state index is 13.5. The van der Waals surface area contributed by atoms with Gasteiger partial charge in [-0.15, -0.1) is 0 Å². The lowest BCUT2D eigenvalue weighted by Crippen LogP contribution is -2.47. The van der Waals surface area contributed by atoms with Crippen molar-refractivity contribution in [3.8, 4) is 5.75 Å². The van der Waals surface area contributed by atoms with Gasteiger partial charge < -0.3 is 14.7 Å². The van der Waals surface area contributed by atoms with Crippen LogP contribution in [0.15, 0.2) is 54.7 Å². The Morgan fingerprint density at radius 3 is 2.71 bits per heavy atom. The largest absolute Gasteiger partial charge is 0.505 e. The van der Waals surface area contributed by atoms with Crippen LogP contribution in [-0.2, 0) is 17.6 Å². The molecule has 6 heteroatoms. The van der Waals surface area contributed by atoms with Gasteiger partial charge in [-0.2, -0.15) is 0 Å². The van der Waals surface area contributed by atoms with Crippen molar-refractivity contribution in [1.82, 2.24) is 14.8 Å². The Morgan fingerprint density at radius 2 is 1.94 bits per heavy atom. The van der Waals surface area contributed by atoms with E-state index in [1.807, 2.05) is 23.1 Å². The Labute approximate surface area is 201 Å². The zero-order valence-electron chi connectivity index (χ0n) is 19.8. The lowest BCUT2D eigenvalue weighted by atomic mass is 9.95. The smallest absolute Gasteiger partial charge is 0.257 e. The summed E-state index contributed by atoms with van der Waals surface area (Å²) in [7, 11) is 1.65. The first kappa shape index (κ1) is 22.8. The van der Waals surface area contributed by atoms with Crippen LogP contribution in [-0.4, -0.2) is 71.7 Å². The quantitative estimate of drug-likeness (QED) is 0.580. The highest BCUT2D eigenvalue weighted by atomic mass is 16.5. The highest BCUT2D eigenvalue weighted by Gasteiger charge is 2.32. The normalized spacial score (nSPS) is 18.8. The van der Waals surface area contributed by atoms with Gasteiger partial charge >= 0.3 is 0 Å². The number of phenolic OH excluding ortho intramolecular Hbond substituents is 1. The van der Waals surface area contributed by atoms with Crippen molar-refractivity contribution in [2.75, 3.05) is 39.9 Å². The minimum atomic E-state index is -0.160. The summed E-state index contributed by atoms with van der Waals surface area (Å²) in [5.74, 6) is 0.200. The molecule has 1 unspecified atom stereocenters. The number of methoxy groups -OCH3 is 1. The molecule has 1 aliphatic carbocycles. The molecule has 1 amide bonds. The Hall–Kier alpha value is -2.96. The van der Waals surface area contributed by atoms with Crippen molar-refractivity contribution in [2.45, 2.75) is 31.7 Å². The molecule has 1 saturated heterocycles. The lowest BCUT2D eigenvalue weighted by molar-refractivity contribution is 0.0571. The van der Waals surface area contributed by atoms with Crippen molar-refractivity contribution in [2.24, 2.45) is 5.92 Å². The molecule has 0 saturated carbocycles. The summed E-state index contributed by atoms with van der Waals surface area (Å²) in [5.41, 5.74) is 3.73. The fourth-order valence-corrected chi connectivity index (χ4v) is 5.63. The van der Waals surface area contributed by atoms with Crippen molar-refractivity contribution in [3.05, 3.63) is 71.4 Å². The van der Waals surface area contributed by atoms with E-state index in [1.165, 1.54) is 11.1 Å². The molecule has 3 aromatic rings. The van der Waals surface area contributed by atoms with Crippen LogP contribution in [0.4, 0.5) is 0 Å². The summed E-state index contributed by atoms with van der Waals surface area (Å²) in [5, 5.41) is 11.6. The van der Waals surface area contributed by atoms with Gasteiger partial charge in [-0.05, 0) is 61.4 Å². The number of aromatic nitrogens is 1. The third-order valence-electron chi connectivity index (χ3n) is 7.41. The van der Waals surface area contributed by atoms with Gasteiger partial charge in [0.1, 0.15) is 5.52 Å². The molecule has 2 heterocycles. The molecule has 1 aliphatic heterocycles. The third kappa shape index (κ3) is 4.65. The van der Waals surface area contributed by atoms with Crippen LogP contribution < -0.4 is 0 Å². The molecule has 1 atom stereocenters. The summed E-state index contributed by atoms with van der Waals surface area (Å²) >= 11 is 0. The molecule has 5 rings (SSSR count). The molecule has 2 aliphatic rings. The van der Waals surface area contributed by atoms with E-state index in [1.54, 1.807) is 19.4 Å². The van der Waals surface area contributed by atoms with Crippen LogP contribution in [0.1, 0.15) is 34.3 Å². The van der Waals surface area contributed by atoms with Crippen LogP contribution in [0.2, 0.25) is 0 Å². The van der Waals surface area contributed by atoms with Gasteiger partial charge in [0.05, 0.1) is 12.2 Å². The molecule has 6 nitrogen and oxygen atoms in total. The molecule has 1 fully saturated rings. The van der Waals surface area contributed by atoms with Gasteiger partial charge in [0, 0.05) is 44.4 Å². The van der Waals surface area contributed by atoms with E-state index in [0.29, 0.717) is 42.7 Å². The fraction of sp³-hybridized carbons (Fsp3) is 0.429. The van der Waals surface area contributed by atoms with Crippen molar-refractivity contribution in [3.63, 3.8) is 0 Å². The van der Waals surface area contributed by atoms with Gasteiger partial charge in [0.15, 0.2) is 5.75 Å². The maximum Gasteiger partial charge on any atom is 0.257 e. The Bertz CT molecular complexity index is 1140. The number of amides is 1. The monoisotopic (exact) mass is 459 g/mol. The Morgan fingerprint density at radius 1 is 1.15 bits per heavy atom. The van der Waals surface area contributed by atoms with Crippen molar-refractivity contribution >= 4 is 16.8 Å². The topological polar surface area (TPSA) is 65.9 Å². The van der Waals surface area contributed by atoms with Crippen LogP contribution in [0.25, 0.3) is 10.9 Å². The van der Waals surface area contributed by atoms with Gasteiger partial charge in [0.25, 0.3) is 5.91 Å². The molecular weight excluding hydrogens is 426 g/mol. The first-order valence-corrected chi connectivity index (χ1v) is 12.3. The van der Waals surface area contributed by atoms with Gasteiger partial charge in [-0.3, -0.25) is 14.7 Å². The van der Waals surface area contributed by atoms with Crippen LogP contribution >= 0.6 is 0 Å². The van der Waals surface area contributed by atoms with Gasteiger partial charge in [-0.25, -0.2) is 0 Å². The number of hydrogen-bond acceptors (Lipinski definition) is 5. The molecule has 0 spiro atoms. The second-order valence-corrected chi connectivity index (χ2v) is 9.61. The number of pyridine rings is 1. The minimum absolute atomic E-state index is 0.0421. The number of aromatic hydroxyl groups is 1. The van der Waals surface area contributed by atoms with Gasteiger partial charge in [0.2, 0.25) is 0 Å². The van der Waals surface area contributed by atoms with Crippen molar-refractivity contribution < 1.29 is 14.6 Å². The SMILES string of the molecule is COCCN(CC1CCCN(C2Cc3ccccc3C2)C1)C(=O)c1ccc2cccnc2c1O. The van der Waals surface area contributed by atoms with E-state index in [4.69, 9.17) is 4.74 Å². The molecule has 0 bridgehead atoms. The van der Waals surface area contributed by atoms with Crippen LogP contribution in [0.5, 0.6) is 5.75 Å². The highest BCUT2D eigenvalue weighted by molar-refractivity contribution is 6.02. The van der Waals surface area contributed by atoms with Crippen LogP contribution in [0.3, 0.4) is 0 Å². The summed E-state index contributed by atoms with van der Waals surface area (Å²) in [6, 6.07) is 16.6. The standard InChI is InChI=1S/C28H33N3O3/c1-34-15-14-31(28(33)25-11-10-21-9-4-12-29-26(21)27(25)32)19-20-6-5-13-30(18-20)24-16-22-7-2-3-8-23(22)17-24/h2-4,7-12,20,24,32H,5-6,13-19H2,1H3. The van der Waals surface area contributed by atoms with Gasteiger partial charge in [-0.1, -0.05) is 36.4 Å². The number of likely N-dealkylation sites (tertiary alicyclic amines) is 1. The first-order valence-electron chi connectivity index (χ1n) is 12.3. The average molecular weight is 460 g/mol. The number of carbonyl (C=O) groups excluding carboxylic acids is 1. The molecule has 1 N–H and O–H groups in total. The lowest BCUT2D eigenvalue weighted by Gasteiger charge is -2.38. The second kappa shape index (κ2) is 10.1. The van der Waals surface area contributed by atoms with E-state index >= 15 is 0 Å². The number of hydrogen-bond donors (Lipinski definition) is 1. The van der Waals surface area contributed by atoms with Crippen molar-refractivity contribution in [1.29, 1.82) is 0 Å². The van der Waals surface area contributed by atoms with E-state index in [2.05, 4.69) is 34.1 Å². The predicted octanol–water partition coefficient (Wildman–Crippen LogP) is 3.91. The average Bonchev–Trinajstić information content (AvgIpc) is 3.31. The fourth-order valence-electron chi connectivity index (χ4n) is 5.63. The van der Waals surface area contributed by atoms with E-state index in [-0.39, 0.29) is 11.7 Å². The zero-order chi connectivity index (χ0) is 23.5. The predicted molar refractivity (Wildman–Crippen MR) is 133 cm³/mol. The van der Waals surface area contributed by atoms with E-state index in [0.717, 1.165) is 44.2 Å². The third-order valence-corrected chi connectivity index (χ3v) is 7.41. The molecule has 178 valence electrons. The zero-order valence-corrected chi connectivity index (χ0v) is 19.8. The first-order chi connectivity index (χ1) is 16.6. The minimum Gasteiger partial charge on any atom is -0.505 e. The highest BCUT2D eigenvalue weighted by Crippen LogP contribution is 2.31. The maximum atomic E-state index is 13.5. The number of rotatable bonds is 7. The molecular formula is C28H33N3O3. The number of piperidine rings is 1. The number of benzene rings is 2. The number of nitrogens with zero attached hydrogens (tertiary/aromatic N) is 3. The van der Waals surface area contributed by atoms with E-state index < -0.39 is 0 Å². The number of fused-ring (bicyclic) bond motifs is 2. The second-order valence-electron chi connectivity index (χ2n) is 9.61. The Balaban J connectivity index is 1.30. The Kier molecular flexibility index (Phi) is 6.79. The number of phenols is 1. The van der Waals surface area contributed by atoms with E-state index in [9.17, 15) is 9.90 Å². The molecule has 34 heavy (non-hydrogen) atoms. The summed E-state index contributed by atoms with van der Waals surface area (Å²) in [4.78, 5) is 22.3. The molecule has 2 aromatic carbocycles. The molecule has 0 radical (unpaired) electrons. The van der Waals surface area contributed by atoms with Crippen LogP contribution in [0, 0.1) is 5.92 Å². The number of ether oxygens (including phenoxy) is 1. The summed E-state index contributed by atoms with van der Waals surface area (Å²) in [6.45, 7) is 3.75. The number of carbonyl (C=O) groups is 1. The molecule has 1 aromatic heterocycles. The summed E-state index contributed by atoms with van der Waals surface area (Å²) in [6.07, 6.45) is 6.13.